The summed E-state index contributed by atoms with van der Waals surface area (Å²) in [5, 5.41) is 3.22. The van der Waals surface area contributed by atoms with Gasteiger partial charge in [0.05, 0.1) is 12.2 Å². The van der Waals surface area contributed by atoms with Gasteiger partial charge in [-0.2, -0.15) is 4.98 Å². The highest BCUT2D eigenvalue weighted by molar-refractivity contribution is 5.89. The van der Waals surface area contributed by atoms with E-state index in [9.17, 15) is 4.79 Å². The van der Waals surface area contributed by atoms with Gasteiger partial charge in [0, 0.05) is 43.6 Å². The van der Waals surface area contributed by atoms with Gasteiger partial charge in [0.2, 0.25) is 5.95 Å². The van der Waals surface area contributed by atoms with E-state index in [2.05, 4.69) is 32.1 Å². The van der Waals surface area contributed by atoms with E-state index >= 15 is 0 Å². The number of esters is 1. The number of rotatable bonds is 5. The zero-order chi connectivity index (χ0) is 18.5. The van der Waals surface area contributed by atoms with Gasteiger partial charge >= 0.3 is 5.97 Å². The van der Waals surface area contributed by atoms with E-state index in [1.807, 2.05) is 25.1 Å². The maximum Gasteiger partial charge on any atom is 0.338 e. The molecule has 2 aromatic rings. The van der Waals surface area contributed by atoms with Crippen LogP contribution in [0, 0.1) is 6.92 Å². The summed E-state index contributed by atoms with van der Waals surface area (Å²) in [5.41, 5.74) is 2.27. The SMILES string of the molecule is CCOC(=O)c1ccc(Nc2nc(C)cc(N3CCN(C)CC3)n2)cc1. The Morgan fingerprint density at radius 1 is 1.15 bits per heavy atom. The van der Waals surface area contributed by atoms with Crippen LogP contribution in [0.2, 0.25) is 0 Å². The molecule has 26 heavy (non-hydrogen) atoms. The lowest BCUT2D eigenvalue weighted by Crippen LogP contribution is -2.44. The lowest BCUT2D eigenvalue weighted by atomic mass is 10.2. The molecule has 0 amide bonds. The van der Waals surface area contributed by atoms with E-state index in [0.29, 0.717) is 18.1 Å². The normalized spacial score (nSPS) is 15.0. The molecule has 0 radical (unpaired) electrons. The summed E-state index contributed by atoms with van der Waals surface area (Å²) >= 11 is 0. The molecule has 1 aromatic heterocycles. The second kappa shape index (κ2) is 8.14. The third-order valence-corrected chi connectivity index (χ3v) is 4.32. The van der Waals surface area contributed by atoms with Crippen molar-refractivity contribution in [3.05, 3.63) is 41.6 Å². The molecule has 0 saturated carbocycles. The maximum absolute atomic E-state index is 11.7. The molecule has 1 aromatic carbocycles. The number of anilines is 3. The van der Waals surface area contributed by atoms with Crippen LogP contribution in [-0.2, 0) is 4.74 Å². The van der Waals surface area contributed by atoms with E-state index in [1.165, 1.54) is 0 Å². The molecule has 0 atom stereocenters. The number of nitrogens with one attached hydrogen (secondary N) is 1. The van der Waals surface area contributed by atoms with E-state index in [4.69, 9.17) is 4.74 Å². The van der Waals surface area contributed by atoms with Crippen LogP contribution in [0.4, 0.5) is 17.5 Å². The largest absolute Gasteiger partial charge is 0.462 e. The molecule has 1 fully saturated rings. The van der Waals surface area contributed by atoms with E-state index in [1.54, 1.807) is 19.1 Å². The van der Waals surface area contributed by atoms with Crippen molar-refractivity contribution in [1.29, 1.82) is 0 Å². The number of piperazine rings is 1. The van der Waals surface area contributed by atoms with E-state index < -0.39 is 0 Å². The van der Waals surface area contributed by atoms with Gasteiger partial charge in [0.1, 0.15) is 5.82 Å². The summed E-state index contributed by atoms with van der Waals surface area (Å²) in [6, 6.07) is 9.14. The number of ether oxygens (including phenoxy) is 1. The predicted octanol–water partition coefficient (Wildman–Crippen LogP) is 2.46. The minimum Gasteiger partial charge on any atom is -0.462 e. The summed E-state index contributed by atoms with van der Waals surface area (Å²) in [5.74, 6) is 1.18. The zero-order valence-electron chi connectivity index (χ0n) is 15.5. The van der Waals surface area contributed by atoms with E-state index in [0.717, 1.165) is 43.4 Å². The molecule has 2 heterocycles. The molecule has 1 saturated heterocycles. The fourth-order valence-electron chi connectivity index (χ4n) is 2.84. The van der Waals surface area contributed by atoms with Crippen LogP contribution in [0.3, 0.4) is 0 Å². The van der Waals surface area contributed by atoms with Crippen LogP contribution < -0.4 is 10.2 Å². The average molecular weight is 355 g/mol. The van der Waals surface area contributed by atoms with Crippen molar-refractivity contribution in [2.24, 2.45) is 0 Å². The van der Waals surface area contributed by atoms with Gasteiger partial charge in [-0.1, -0.05) is 0 Å². The summed E-state index contributed by atoms with van der Waals surface area (Å²) in [4.78, 5) is 25.5. The fourth-order valence-corrected chi connectivity index (χ4v) is 2.84. The number of carbonyl (C=O) groups excluding carboxylic acids is 1. The second-order valence-electron chi connectivity index (χ2n) is 6.40. The van der Waals surface area contributed by atoms with Crippen molar-refractivity contribution in [2.75, 3.05) is 50.1 Å². The summed E-state index contributed by atoms with van der Waals surface area (Å²) < 4.78 is 5.00. The topological polar surface area (TPSA) is 70.6 Å². The first kappa shape index (κ1) is 18.1. The summed E-state index contributed by atoms with van der Waals surface area (Å²) in [6.45, 7) is 8.10. The molecule has 3 rings (SSSR count). The number of likely N-dealkylation sites (N-methyl/N-ethyl adjacent to an activating group) is 1. The Balaban J connectivity index is 1.72. The van der Waals surface area contributed by atoms with Crippen molar-refractivity contribution in [2.45, 2.75) is 13.8 Å². The molecule has 7 heteroatoms. The van der Waals surface area contributed by atoms with Crippen molar-refractivity contribution in [3.63, 3.8) is 0 Å². The zero-order valence-corrected chi connectivity index (χ0v) is 15.5. The first-order valence-corrected chi connectivity index (χ1v) is 8.88. The minimum atomic E-state index is -0.316. The van der Waals surface area contributed by atoms with Crippen LogP contribution in [-0.4, -0.2) is 60.7 Å². The molecule has 0 aliphatic carbocycles. The molecule has 1 aliphatic heterocycles. The Kier molecular flexibility index (Phi) is 5.68. The van der Waals surface area contributed by atoms with Gasteiger partial charge in [-0.05, 0) is 45.2 Å². The summed E-state index contributed by atoms with van der Waals surface area (Å²) in [7, 11) is 2.13. The van der Waals surface area contributed by atoms with Crippen LogP contribution in [0.15, 0.2) is 30.3 Å². The lowest BCUT2D eigenvalue weighted by Gasteiger charge is -2.33. The average Bonchev–Trinajstić information content (AvgIpc) is 2.62. The summed E-state index contributed by atoms with van der Waals surface area (Å²) in [6.07, 6.45) is 0. The molecule has 7 nitrogen and oxygen atoms in total. The quantitative estimate of drug-likeness (QED) is 0.826. The van der Waals surface area contributed by atoms with Crippen molar-refractivity contribution in [1.82, 2.24) is 14.9 Å². The Morgan fingerprint density at radius 3 is 2.50 bits per heavy atom. The van der Waals surface area contributed by atoms with Gasteiger partial charge in [0.15, 0.2) is 0 Å². The maximum atomic E-state index is 11.7. The molecule has 1 N–H and O–H groups in total. The Hall–Kier alpha value is -2.67. The van der Waals surface area contributed by atoms with E-state index in [-0.39, 0.29) is 5.97 Å². The Labute approximate surface area is 154 Å². The molecule has 1 aliphatic rings. The molecule has 0 spiro atoms. The third-order valence-electron chi connectivity index (χ3n) is 4.32. The second-order valence-corrected chi connectivity index (χ2v) is 6.40. The number of hydrogen-bond acceptors (Lipinski definition) is 7. The molecular weight excluding hydrogens is 330 g/mol. The number of aryl methyl sites for hydroxylation is 1. The van der Waals surface area contributed by atoms with Gasteiger partial charge in [-0.3, -0.25) is 0 Å². The smallest absolute Gasteiger partial charge is 0.338 e. The third kappa shape index (κ3) is 4.49. The highest BCUT2D eigenvalue weighted by Gasteiger charge is 2.16. The number of benzene rings is 1. The monoisotopic (exact) mass is 355 g/mol. The number of nitrogens with zero attached hydrogens (tertiary/aromatic N) is 4. The molecule has 0 unspecified atom stereocenters. The minimum absolute atomic E-state index is 0.316. The predicted molar refractivity (Wildman–Crippen MR) is 102 cm³/mol. The van der Waals surface area contributed by atoms with Crippen LogP contribution in [0.5, 0.6) is 0 Å². The van der Waals surface area contributed by atoms with Gasteiger partial charge in [-0.15, -0.1) is 0 Å². The molecule has 138 valence electrons. The standard InChI is InChI=1S/C19H25N5O2/c1-4-26-18(25)15-5-7-16(8-6-15)21-19-20-14(2)13-17(22-19)24-11-9-23(3)10-12-24/h5-8,13H,4,9-12H2,1-3H3,(H,20,21,22). The van der Waals surface area contributed by atoms with Crippen LogP contribution in [0.1, 0.15) is 23.0 Å². The van der Waals surface area contributed by atoms with Gasteiger partial charge < -0.3 is 19.9 Å². The first-order valence-electron chi connectivity index (χ1n) is 8.88. The van der Waals surface area contributed by atoms with Gasteiger partial charge in [-0.25, -0.2) is 9.78 Å². The van der Waals surface area contributed by atoms with Crippen LogP contribution >= 0.6 is 0 Å². The fraction of sp³-hybridized carbons (Fsp3) is 0.421. The van der Waals surface area contributed by atoms with Gasteiger partial charge in [0.25, 0.3) is 0 Å². The number of hydrogen-bond donors (Lipinski definition) is 1. The Bertz CT molecular complexity index is 755. The first-order chi connectivity index (χ1) is 12.5. The number of aromatic nitrogens is 2. The highest BCUT2D eigenvalue weighted by Crippen LogP contribution is 2.20. The highest BCUT2D eigenvalue weighted by atomic mass is 16.5. The van der Waals surface area contributed by atoms with Crippen LogP contribution in [0.25, 0.3) is 0 Å². The number of carbonyl (C=O) groups is 1. The van der Waals surface area contributed by atoms with Crippen molar-refractivity contribution < 1.29 is 9.53 Å². The Morgan fingerprint density at radius 2 is 1.85 bits per heavy atom. The lowest BCUT2D eigenvalue weighted by molar-refractivity contribution is 0.0526. The molecular formula is C19H25N5O2. The van der Waals surface area contributed by atoms with Crippen molar-refractivity contribution >= 4 is 23.4 Å². The molecule has 0 bridgehead atoms. The van der Waals surface area contributed by atoms with Crippen molar-refractivity contribution in [3.8, 4) is 0 Å².